The van der Waals surface area contributed by atoms with Crippen LogP contribution in [0.5, 0.6) is 0 Å². The lowest BCUT2D eigenvalue weighted by Gasteiger charge is -2.36. The molecule has 0 aromatic heterocycles. The highest BCUT2D eigenvalue weighted by Crippen LogP contribution is 2.36. The first-order chi connectivity index (χ1) is 16.5. The Morgan fingerprint density at radius 2 is 1.68 bits per heavy atom. The van der Waals surface area contributed by atoms with Crippen molar-refractivity contribution in [3.63, 3.8) is 0 Å². The molecule has 5 heteroatoms. The van der Waals surface area contributed by atoms with Crippen LogP contribution in [0.2, 0.25) is 0 Å². The van der Waals surface area contributed by atoms with E-state index >= 15 is 0 Å². The quantitative estimate of drug-likeness (QED) is 0.430. The van der Waals surface area contributed by atoms with Gasteiger partial charge >= 0.3 is 0 Å². The van der Waals surface area contributed by atoms with E-state index in [0.29, 0.717) is 17.9 Å². The number of fused-ring (bicyclic) bond motifs is 1. The van der Waals surface area contributed by atoms with E-state index in [4.69, 9.17) is 0 Å². The summed E-state index contributed by atoms with van der Waals surface area (Å²) in [6.45, 7) is 8.01. The van der Waals surface area contributed by atoms with Crippen LogP contribution in [0.4, 0.5) is 4.39 Å². The fourth-order valence-electron chi connectivity index (χ4n) is 5.82. The maximum Gasteiger partial charge on any atom is 0.226 e. The number of amides is 1. The summed E-state index contributed by atoms with van der Waals surface area (Å²) >= 11 is 3.56. The summed E-state index contributed by atoms with van der Waals surface area (Å²) in [5, 5.41) is 0. The monoisotopic (exact) mass is 528 g/mol. The second kappa shape index (κ2) is 11.8. The van der Waals surface area contributed by atoms with Gasteiger partial charge in [0.1, 0.15) is 5.82 Å². The lowest BCUT2D eigenvalue weighted by Crippen LogP contribution is -2.41. The highest BCUT2D eigenvalue weighted by atomic mass is 79.9. The van der Waals surface area contributed by atoms with Gasteiger partial charge in [-0.1, -0.05) is 54.4 Å². The van der Waals surface area contributed by atoms with Crippen molar-refractivity contribution >= 4 is 21.8 Å². The van der Waals surface area contributed by atoms with Crippen LogP contribution >= 0.6 is 15.9 Å². The smallest absolute Gasteiger partial charge is 0.226 e. The molecular weight excluding hydrogens is 491 g/mol. The molecule has 3 aliphatic rings. The predicted octanol–water partition coefficient (Wildman–Crippen LogP) is 6.94. The van der Waals surface area contributed by atoms with E-state index in [-0.39, 0.29) is 11.7 Å². The summed E-state index contributed by atoms with van der Waals surface area (Å²) in [5.74, 6) is 0.902. The Balaban J connectivity index is 0.000000868. The average Bonchev–Trinajstić information content (AvgIpc) is 3.34. The molecule has 34 heavy (non-hydrogen) atoms. The number of hydrogen-bond donors (Lipinski definition) is 0. The van der Waals surface area contributed by atoms with Crippen molar-refractivity contribution in [3.8, 4) is 0 Å². The SMILES string of the molecule is CCC.O=C(C1CCC(N2CCC(c3ccc(F)cc3)CC2)C1)N1CCc2ccc(Br)cc2C1. The molecule has 3 nitrogen and oxygen atoms in total. The Hall–Kier alpha value is -1.72. The second-order valence-electron chi connectivity index (χ2n) is 10.2. The predicted molar refractivity (Wildman–Crippen MR) is 140 cm³/mol. The number of nitrogens with zero attached hydrogens (tertiary/aromatic N) is 2. The zero-order valence-electron chi connectivity index (χ0n) is 20.6. The van der Waals surface area contributed by atoms with Gasteiger partial charge in [-0.25, -0.2) is 4.39 Å². The van der Waals surface area contributed by atoms with E-state index in [1.165, 1.54) is 23.1 Å². The molecule has 1 amide bonds. The largest absolute Gasteiger partial charge is 0.338 e. The standard InChI is InChI=1S/C26H30BrFN2O.C3H8/c27-23-5-1-19-11-14-30(17-22(19)15-23)26(31)21-4-8-25(16-21)29-12-9-20(10-13-29)18-2-6-24(28)7-3-18;1-3-2/h1-3,5-7,15,20-21,25H,4,8-14,16-17H2;3H2,1-2H3. The molecule has 2 aliphatic heterocycles. The third-order valence-electron chi connectivity index (χ3n) is 7.63. The highest BCUT2D eigenvalue weighted by molar-refractivity contribution is 9.10. The van der Waals surface area contributed by atoms with Crippen molar-refractivity contribution in [1.29, 1.82) is 0 Å². The zero-order chi connectivity index (χ0) is 24.1. The van der Waals surface area contributed by atoms with Gasteiger partial charge in [-0.2, -0.15) is 0 Å². The molecule has 1 saturated heterocycles. The van der Waals surface area contributed by atoms with Gasteiger partial charge in [-0.15, -0.1) is 0 Å². The molecule has 0 bridgehead atoms. The maximum absolute atomic E-state index is 13.3. The first-order valence-corrected chi connectivity index (χ1v) is 13.8. The van der Waals surface area contributed by atoms with E-state index in [1.807, 2.05) is 12.1 Å². The Morgan fingerprint density at radius 1 is 0.971 bits per heavy atom. The second-order valence-corrected chi connectivity index (χ2v) is 11.1. The first-order valence-electron chi connectivity index (χ1n) is 13.0. The van der Waals surface area contributed by atoms with Crippen LogP contribution in [0.15, 0.2) is 46.9 Å². The maximum atomic E-state index is 13.3. The van der Waals surface area contributed by atoms with Crippen molar-refractivity contribution in [1.82, 2.24) is 9.80 Å². The van der Waals surface area contributed by atoms with E-state index in [2.05, 4.69) is 57.8 Å². The number of hydrogen-bond acceptors (Lipinski definition) is 2. The molecule has 0 N–H and O–H groups in total. The van der Waals surface area contributed by atoms with Crippen molar-refractivity contribution < 1.29 is 9.18 Å². The van der Waals surface area contributed by atoms with Crippen LogP contribution in [-0.4, -0.2) is 41.4 Å². The first kappa shape index (κ1) is 25.4. The fourth-order valence-corrected chi connectivity index (χ4v) is 6.23. The molecule has 0 spiro atoms. The van der Waals surface area contributed by atoms with Crippen LogP contribution in [0.3, 0.4) is 0 Å². The Labute approximate surface area is 212 Å². The van der Waals surface area contributed by atoms with Gasteiger partial charge < -0.3 is 9.80 Å². The molecular formula is C29H38BrFN2O. The summed E-state index contributed by atoms with van der Waals surface area (Å²) in [4.78, 5) is 17.9. The van der Waals surface area contributed by atoms with Crippen molar-refractivity contribution in [3.05, 3.63) is 69.4 Å². The molecule has 184 valence electrons. The summed E-state index contributed by atoms with van der Waals surface area (Å²) < 4.78 is 14.3. The van der Waals surface area contributed by atoms with Gasteiger partial charge in [-0.05, 0) is 98.5 Å². The number of rotatable bonds is 3. The number of carbonyl (C=O) groups is 1. The van der Waals surface area contributed by atoms with Crippen LogP contribution in [0.1, 0.15) is 75.0 Å². The van der Waals surface area contributed by atoms with Crippen LogP contribution < -0.4 is 0 Å². The highest BCUT2D eigenvalue weighted by Gasteiger charge is 2.37. The third-order valence-corrected chi connectivity index (χ3v) is 8.13. The Kier molecular flexibility index (Phi) is 8.81. The number of likely N-dealkylation sites (tertiary alicyclic amines) is 1. The summed E-state index contributed by atoms with van der Waals surface area (Å²) in [6, 6.07) is 14.0. The number of benzene rings is 2. The van der Waals surface area contributed by atoms with Gasteiger partial charge in [-0.3, -0.25) is 4.79 Å². The normalized spacial score (nSPS) is 23.2. The zero-order valence-corrected chi connectivity index (χ0v) is 22.2. The molecule has 2 heterocycles. The van der Waals surface area contributed by atoms with Crippen molar-refractivity contribution in [2.75, 3.05) is 19.6 Å². The van der Waals surface area contributed by atoms with Crippen LogP contribution in [-0.2, 0) is 17.8 Å². The minimum atomic E-state index is -0.160. The van der Waals surface area contributed by atoms with Gasteiger partial charge in [0.05, 0.1) is 0 Å². The Morgan fingerprint density at radius 3 is 2.38 bits per heavy atom. The van der Waals surface area contributed by atoms with E-state index in [9.17, 15) is 9.18 Å². The van der Waals surface area contributed by atoms with Gasteiger partial charge in [0.25, 0.3) is 0 Å². The van der Waals surface area contributed by atoms with Gasteiger partial charge in [0, 0.05) is 29.5 Å². The summed E-state index contributed by atoms with van der Waals surface area (Å²) in [5.41, 5.74) is 3.92. The van der Waals surface area contributed by atoms with Crippen molar-refractivity contribution in [2.24, 2.45) is 5.92 Å². The summed E-state index contributed by atoms with van der Waals surface area (Å²) in [7, 11) is 0. The lowest BCUT2D eigenvalue weighted by molar-refractivity contribution is -0.136. The number of carbonyl (C=O) groups excluding carboxylic acids is 1. The van der Waals surface area contributed by atoms with E-state index in [1.54, 1.807) is 12.1 Å². The molecule has 2 aromatic carbocycles. The molecule has 2 aromatic rings. The minimum Gasteiger partial charge on any atom is -0.338 e. The molecule has 1 aliphatic carbocycles. The average molecular weight is 530 g/mol. The molecule has 0 radical (unpaired) electrons. The van der Waals surface area contributed by atoms with Gasteiger partial charge in [0.15, 0.2) is 0 Å². The molecule has 1 saturated carbocycles. The van der Waals surface area contributed by atoms with E-state index in [0.717, 1.165) is 69.2 Å². The van der Waals surface area contributed by atoms with Crippen molar-refractivity contribution in [2.45, 2.75) is 77.3 Å². The van der Waals surface area contributed by atoms with Crippen LogP contribution in [0, 0.1) is 11.7 Å². The Bertz CT molecular complexity index is 955. The number of halogens is 2. The fraction of sp³-hybridized carbons (Fsp3) is 0.552. The molecule has 2 fully saturated rings. The number of piperidine rings is 1. The molecule has 2 atom stereocenters. The topological polar surface area (TPSA) is 23.6 Å². The van der Waals surface area contributed by atoms with E-state index < -0.39 is 0 Å². The lowest BCUT2D eigenvalue weighted by atomic mass is 9.88. The minimum absolute atomic E-state index is 0.160. The van der Waals surface area contributed by atoms with Crippen LogP contribution in [0.25, 0.3) is 0 Å². The molecule has 2 unspecified atom stereocenters. The summed E-state index contributed by atoms with van der Waals surface area (Å²) in [6.07, 6.45) is 7.61. The third kappa shape index (κ3) is 6.09. The van der Waals surface area contributed by atoms with Gasteiger partial charge in [0.2, 0.25) is 5.91 Å². The molecule has 5 rings (SSSR count).